The Bertz CT molecular complexity index is 4540. The van der Waals surface area contributed by atoms with Gasteiger partial charge in [0.25, 0.3) is 0 Å². The number of rotatable bonds is 6. The fourth-order valence-corrected chi connectivity index (χ4v) is 13.3. The highest BCUT2D eigenvalue weighted by molar-refractivity contribution is 7.27. The van der Waals surface area contributed by atoms with Gasteiger partial charge < -0.3 is 9.13 Å². The molecule has 0 aliphatic carbocycles. The molecule has 0 N–H and O–H groups in total. The lowest BCUT2D eigenvalue weighted by Crippen LogP contribution is -2.04. The van der Waals surface area contributed by atoms with Crippen molar-refractivity contribution >= 4 is 107 Å². The van der Waals surface area contributed by atoms with Gasteiger partial charge in [-0.15, -0.1) is 22.7 Å². The van der Waals surface area contributed by atoms with Crippen LogP contribution in [0.25, 0.3) is 141 Å². The minimum atomic E-state index is 0.592. The van der Waals surface area contributed by atoms with Crippen LogP contribution in [0.3, 0.4) is 0 Å². The molecule has 6 heterocycles. The van der Waals surface area contributed by atoms with E-state index in [9.17, 15) is 0 Å². The third kappa shape index (κ3) is 5.84. The lowest BCUT2D eigenvalue weighted by atomic mass is 9.99. The molecule has 0 radical (unpaired) electrons. The van der Waals surface area contributed by atoms with Gasteiger partial charge in [0.05, 0.1) is 39.6 Å². The highest BCUT2D eigenvalue weighted by Gasteiger charge is 2.25. The van der Waals surface area contributed by atoms with Crippen LogP contribution in [-0.4, -0.2) is 29.1 Å². The molecule has 6 aromatic heterocycles. The molecule has 0 fully saturated rings. The molecule has 0 atom stereocenters. The average Bonchev–Trinajstić information content (AvgIpc) is 4.19. The minimum absolute atomic E-state index is 0.592. The quantitative estimate of drug-likeness (QED) is 0.167. The molecule has 0 bridgehead atoms. The maximum Gasteiger partial charge on any atom is 0.164 e. The van der Waals surface area contributed by atoms with E-state index in [1.807, 2.05) is 71.5 Å². The number of para-hydroxylation sites is 2. The maximum atomic E-state index is 5.24. The van der Waals surface area contributed by atoms with Crippen LogP contribution in [-0.2, 0) is 0 Å². The van der Waals surface area contributed by atoms with Gasteiger partial charge in [-0.2, -0.15) is 0 Å². The van der Waals surface area contributed by atoms with Crippen molar-refractivity contribution in [2.75, 3.05) is 0 Å². The van der Waals surface area contributed by atoms with Gasteiger partial charge in [0.15, 0.2) is 17.5 Å². The zero-order valence-corrected chi connectivity index (χ0v) is 38.9. The van der Waals surface area contributed by atoms with E-state index in [2.05, 4.69) is 179 Å². The number of aromatic nitrogens is 6. The summed E-state index contributed by atoms with van der Waals surface area (Å²) in [5.41, 5.74) is 11.3. The molecule has 0 aliphatic heterocycles. The summed E-state index contributed by atoms with van der Waals surface area (Å²) in [5.74, 6) is 1.83. The largest absolute Gasteiger partial charge is 0.309 e. The zero-order valence-electron chi connectivity index (χ0n) is 37.3. The number of nitrogens with zero attached hydrogens (tertiary/aromatic N) is 6. The summed E-state index contributed by atoms with van der Waals surface area (Å²) >= 11 is 3.74. The fraction of sp³-hybridized carbons (Fsp3) is 0. The summed E-state index contributed by atoms with van der Waals surface area (Å²) in [6.45, 7) is 0. The molecule has 0 saturated carbocycles. The van der Waals surface area contributed by atoms with E-state index >= 15 is 0 Å². The Morgan fingerprint density at radius 3 is 1.36 bits per heavy atom. The molecule has 15 aromatic rings. The fourth-order valence-electron chi connectivity index (χ4n) is 10.8. The van der Waals surface area contributed by atoms with Gasteiger partial charge in [0.1, 0.15) is 0 Å². The minimum Gasteiger partial charge on any atom is -0.309 e. The molecule has 6 nitrogen and oxygen atoms in total. The van der Waals surface area contributed by atoms with E-state index in [1.165, 1.54) is 61.9 Å². The summed E-state index contributed by atoms with van der Waals surface area (Å²) in [5, 5.41) is 10.1. The summed E-state index contributed by atoms with van der Waals surface area (Å²) < 4.78 is 10.0. The van der Waals surface area contributed by atoms with Crippen molar-refractivity contribution in [1.82, 2.24) is 29.1 Å². The van der Waals surface area contributed by atoms with E-state index in [1.54, 1.807) is 0 Å². The summed E-state index contributed by atoms with van der Waals surface area (Å²) in [4.78, 5) is 20.4. The second-order valence-electron chi connectivity index (χ2n) is 17.7. The van der Waals surface area contributed by atoms with Crippen LogP contribution in [0.4, 0.5) is 0 Å². The third-order valence-electron chi connectivity index (χ3n) is 13.9. The Kier molecular flexibility index (Phi) is 8.60. The molecular weight excluding hydrogens is 893 g/mol. The van der Waals surface area contributed by atoms with Gasteiger partial charge in [0, 0.05) is 95.9 Å². The number of fused-ring (bicyclic) bond motifs is 14. The predicted octanol–water partition coefficient (Wildman–Crippen LogP) is 16.9. The Morgan fingerprint density at radius 1 is 0.329 bits per heavy atom. The van der Waals surface area contributed by atoms with Gasteiger partial charge in [0.2, 0.25) is 0 Å². The van der Waals surface area contributed by atoms with E-state index in [0.29, 0.717) is 17.5 Å². The number of pyridine rings is 1. The molecule has 0 unspecified atom stereocenters. The molecule has 0 amide bonds. The normalized spacial score (nSPS) is 12.0. The first kappa shape index (κ1) is 39.2. The molecule has 8 heteroatoms. The van der Waals surface area contributed by atoms with Gasteiger partial charge in [-0.3, -0.25) is 4.98 Å². The number of hydrogen-bond acceptors (Lipinski definition) is 6. The van der Waals surface area contributed by atoms with E-state index in [-0.39, 0.29) is 0 Å². The molecule has 0 aliphatic rings. The first-order valence-corrected chi connectivity index (χ1v) is 25.0. The van der Waals surface area contributed by atoms with Gasteiger partial charge >= 0.3 is 0 Å². The van der Waals surface area contributed by atoms with Crippen LogP contribution in [0.5, 0.6) is 0 Å². The second kappa shape index (κ2) is 15.3. The third-order valence-corrected chi connectivity index (χ3v) is 16.3. The lowest BCUT2D eigenvalue weighted by molar-refractivity contribution is 1.07. The van der Waals surface area contributed by atoms with Crippen molar-refractivity contribution in [1.29, 1.82) is 0 Å². The van der Waals surface area contributed by atoms with Crippen molar-refractivity contribution in [3.63, 3.8) is 0 Å². The lowest BCUT2D eigenvalue weighted by Gasteiger charge is -2.19. The summed E-state index contributed by atoms with van der Waals surface area (Å²) in [7, 11) is 0. The molecule has 70 heavy (non-hydrogen) atoms. The van der Waals surface area contributed by atoms with Gasteiger partial charge in [-0.05, 0) is 60.7 Å². The van der Waals surface area contributed by atoms with Crippen LogP contribution in [0, 0.1) is 0 Å². The first-order valence-electron chi connectivity index (χ1n) is 23.4. The van der Waals surface area contributed by atoms with Crippen molar-refractivity contribution < 1.29 is 0 Å². The Morgan fingerprint density at radius 2 is 0.800 bits per heavy atom. The molecule has 15 rings (SSSR count). The first-order chi connectivity index (χ1) is 34.7. The average molecular weight is 929 g/mol. The number of hydrogen-bond donors (Lipinski definition) is 0. The van der Waals surface area contributed by atoms with Crippen molar-refractivity contribution in [3.8, 4) is 56.7 Å². The highest BCUT2D eigenvalue weighted by atomic mass is 32.1. The second-order valence-corrected chi connectivity index (χ2v) is 19.8. The van der Waals surface area contributed by atoms with Crippen molar-refractivity contribution in [2.45, 2.75) is 0 Å². The SMILES string of the molecule is c1ccc(-c2nc(-c3ccccc3)nc(-c3ccc(-n4c5ccccc5c5c6sc7ccccc7c6ccc54)c(-c4ccncc4-n4c5ccccc5c5c6sc7ccccc7c6ccc54)c3)n2)cc1. The van der Waals surface area contributed by atoms with Crippen LogP contribution in [0.15, 0.2) is 219 Å². The molecular formula is C62H36N6S2. The van der Waals surface area contributed by atoms with Crippen LogP contribution >= 0.6 is 22.7 Å². The van der Waals surface area contributed by atoms with Crippen LogP contribution < -0.4 is 0 Å². The highest BCUT2D eigenvalue weighted by Crippen LogP contribution is 2.48. The standard InChI is InChI=1S/C62H36N6S2/c1-3-15-37(16-4-1)60-64-61(38-17-5-2-6-18-38)66-62(65-60)39-27-30-50(67-48-23-11-7-21-45(48)56-51(67)31-28-43-41-19-9-13-25-54(41)69-58(43)56)47(35-39)40-33-34-63-36-53(40)68-49-24-12-8-22-46(49)57-52(68)32-29-44-42-20-10-14-26-55(42)70-59(44)57/h1-36H. The Labute approximate surface area is 408 Å². The van der Waals surface area contributed by atoms with Crippen LogP contribution in [0.2, 0.25) is 0 Å². The Balaban J connectivity index is 1.04. The molecule has 326 valence electrons. The molecule has 0 spiro atoms. The number of benzene rings is 9. The Hall–Kier alpha value is -8.82. The molecule has 9 aromatic carbocycles. The molecule has 0 saturated heterocycles. The smallest absolute Gasteiger partial charge is 0.164 e. The zero-order chi connectivity index (χ0) is 45.9. The summed E-state index contributed by atoms with van der Waals surface area (Å²) in [6.07, 6.45) is 3.95. The summed E-state index contributed by atoms with van der Waals surface area (Å²) in [6, 6.07) is 73.6. The van der Waals surface area contributed by atoms with E-state index in [4.69, 9.17) is 19.9 Å². The van der Waals surface area contributed by atoms with E-state index < -0.39 is 0 Å². The van der Waals surface area contributed by atoms with Gasteiger partial charge in [-0.25, -0.2) is 15.0 Å². The van der Waals surface area contributed by atoms with Crippen LogP contribution in [0.1, 0.15) is 0 Å². The monoisotopic (exact) mass is 928 g/mol. The van der Waals surface area contributed by atoms with Gasteiger partial charge in [-0.1, -0.05) is 146 Å². The maximum absolute atomic E-state index is 5.24. The van der Waals surface area contributed by atoms with Crippen molar-refractivity contribution in [2.24, 2.45) is 0 Å². The topological polar surface area (TPSA) is 61.4 Å². The predicted molar refractivity (Wildman–Crippen MR) is 294 cm³/mol. The van der Waals surface area contributed by atoms with E-state index in [0.717, 1.165) is 61.3 Å². The number of thiophene rings is 2. The van der Waals surface area contributed by atoms with Crippen molar-refractivity contribution in [3.05, 3.63) is 219 Å².